The molecule has 4 aromatic rings. The molecule has 14 heteroatoms. The summed E-state index contributed by atoms with van der Waals surface area (Å²) in [6.07, 6.45) is 18.8. The molecule has 326 valence electrons. The number of fused-ring (bicyclic) bond motifs is 2. The van der Waals surface area contributed by atoms with Gasteiger partial charge in [-0.25, -0.2) is 9.66 Å². The predicted molar refractivity (Wildman–Crippen MR) is 244 cm³/mol. The van der Waals surface area contributed by atoms with Gasteiger partial charge in [-0.3, -0.25) is 35.0 Å². The van der Waals surface area contributed by atoms with Gasteiger partial charge < -0.3 is 20.9 Å². The van der Waals surface area contributed by atoms with Gasteiger partial charge in [-0.1, -0.05) is 49.1 Å². The molecule has 10 rings (SSSR count). The number of imide groups is 1. The van der Waals surface area contributed by atoms with Crippen LogP contribution in [0.2, 0.25) is 5.02 Å². The predicted octanol–water partition coefficient (Wildman–Crippen LogP) is 6.86. The molecule has 5 N–H and O–H groups in total. The molecule has 2 unspecified atom stereocenters. The van der Waals surface area contributed by atoms with Crippen molar-refractivity contribution < 1.29 is 14.4 Å². The van der Waals surface area contributed by atoms with Gasteiger partial charge in [-0.05, 0) is 129 Å². The fourth-order valence-corrected chi connectivity index (χ4v) is 10.7. The third-order valence-electron chi connectivity index (χ3n) is 14.2. The summed E-state index contributed by atoms with van der Waals surface area (Å²) < 4.78 is 1.68. The number of likely N-dealkylation sites (tertiary alicyclic amines) is 1. The van der Waals surface area contributed by atoms with E-state index in [0.717, 1.165) is 84.9 Å². The third kappa shape index (κ3) is 8.41. The lowest BCUT2D eigenvalue weighted by molar-refractivity contribution is -0.134. The van der Waals surface area contributed by atoms with Crippen LogP contribution >= 0.6 is 11.6 Å². The summed E-state index contributed by atoms with van der Waals surface area (Å²) in [4.78, 5) is 53.3. The van der Waals surface area contributed by atoms with Crippen molar-refractivity contribution in [2.45, 2.75) is 109 Å². The second kappa shape index (κ2) is 17.4. The minimum atomic E-state index is -0.533. The van der Waals surface area contributed by atoms with Crippen molar-refractivity contribution in [3.8, 4) is 11.3 Å². The van der Waals surface area contributed by atoms with Gasteiger partial charge in [0, 0.05) is 67.8 Å². The number of aromatic nitrogens is 3. The molecule has 6 aliphatic rings. The highest BCUT2D eigenvalue weighted by atomic mass is 35.5. The molecular weight excluding hydrogens is 800 g/mol. The van der Waals surface area contributed by atoms with E-state index in [1.165, 1.54) is 62.3 Å². The number of carbonyl (C=O) groups excluding carboxylic acids is 3. The Labute approximate surface area is 369 Å². The number of nitrogens with one attached hydrogen (secondary N) is 3. The van der Waals surface area contributed by atoms with E-state index in [2.05, 4.69) is 92.2 Å². The first-order valence-electron chi connectivity index (χ1n) is 22.5. The lowest BCUT2D eigenvalue weighted by atomic mass is 9.66. The minimum absolute atomic E-state index is 0.204. The van der Waals surface area contributed by atoms with E-state index in [1.54, 1.807) is 4.68 Å². The maximum Gasteiger partial charge on any atom is 0.268 e. The van der Waals surface area contributed by atoms with Crippen LogP contribution in [-0.4, -0.2) is 83.2 Å². The highest BCUT2D eigenvalue weighted by Crippen LogP contribution is 2.47. The number of rotatable bonds is 9. The topological polar surface area (TPSA) is 154 Å². The van der Waals surface area contributed by atoms with Crippen LogP contribution in [0.15, 0.2) is 60.9 Å². The molecule has 0 radical (unpaired) electrons. The molecule has 2 aromatic carbocycles. The molecule has 3 amide bonds. The molecule has 4 aliphatic heterocycles. The number of benzene rings is 2. The molecule has 2 saturated heterocycles. The summed E-state index contributed by atoms with van der Waals surface area (Å²) >= 11 is 6.68. The zero-order chi connectivity index (χ0) is 43.1. The zero-order valence-electron chi connectivity index (χ0n) is 36.2. The maximum absolute atomic E-state index is 12.7. The summed E-state index contributed by atoms with van der Waals surface area (Å²) in [5.41, 5.74) is 19.5. The van der Waals surface area contributed by atoms with Crippen molar-refractivity contribution >= 4 is 46.4 Å². The fraction of sp³-hybridized carbons (Fsp3) is 0.479. The van der Waals surface area contributed by atoms with E-state index in [9.17, 15) is 14.4 Å². The van der Waals surface area contributed by atoms with Gasteiger partial charge in [0.15, 0.2) is 5.82 Å². The van der Waals surface area contributed by atoms with E-state index >= 15 is 0 Å². The summed E-state index contributed by atoms with van der Waals surface area (Å²) in [5.74, 6) is -0.773. The molecule has 2 aliphatic carbocycles. The van der Waals surface area contributed by atoms with E-state index in [1.807, 2.05) is 19.3 Å². The van der Waals surface area contributed by atoms with Gasteiger partial charge in [-0.15, -0.1) is 0 Å². The van der Waals surface area contributed by atoms with E-state index in [4.69, 9.17) is 22.3 Å². The number of pyridine rings is 1. The molecule has 1 spiro atoms. The number of nitrogens with zero attached hydrogens (tertiary/aromatic N) is 6. The molecule has 13 nitrogen and oxygen atoms in total. The van der Waals surface area contributed by atoms with E-state index < -0.39 is 11.8 Å². The number of carbonyl (C=O) groups is 3. The van der Waals surface area contributed by atoms with Crippen LogP contribution in [0.1, 0.15) is 115 Å². The summed E-state index contributed by atoms with van der Waals surface area (Å²) in [7, 11) is 4.03. The van der Waals surface area contributed by atoms with Gasteiger partial charge in [0.2, 0.25) is 11.8 Å². The quantitative estimate of drug-likeness (QED) is 0.131. The molecule has 0 bridgehead atoms. The molecular formula is C48H59ClN10O3. The smallest absolute Gasteiger partial charge is 0.268 e. The Hall–Kier alpha value is -5.40. The van der Waals surface area contributed by atoms with Gasteiger partial charge in [0.25, 0.3) is 5.91 Å². The summed E-state index contributed by atoms with van der Waals surface area (Å²) in [6, 6.07) is 15.3. The normalized spacial score (nSPS) is 21.8. The second-order valence-corrected chi connectivity index (χ2v) is 18.6. The van der Waals surface area contributed by atoms with Crippen LogP contribution in [0.4, 0.5) is 11.4 Å². The van der Waals surface area contributed by atoms with Crippen LogP contribution in [0.3, 0.4) is 0 Å². The van der Waals surface area contributed by atoms with E-state index in [-0.39, 0.29) is 18.0 Å². The zero-order valence-corrected chi connectivity index (χ0v) is 36.9. The largest absolute Gasteiger partial charge is 0.385 e. The first-order chi connectivity index (χ1) is 30.0. The number of piperidine rings is 2. The van der Waals surface area contributed by atoms with Gasteiger partial charge in [-0.2, -0.15) is 0 Å². The number of anilines is 2. The van der Waals surface area contributed by atoms with Crippen molar-refractivity contribution in [1.82, 2.24) is 30.2 Å². The van der Waals surface area contributed by atoms with Crippen molar-refractivity contribution in [3.05, 3.63) is 99.7 Å². The highest BCUT2D eigenvalue weighted by molar-refractivity contribution is 6.32. The summed E-state index contributed by atoms with van der Waals surface area (Å²) in [5, 5.41) is 6.31. The molecule has 62 heavy (non-hydrogen) atoms. The average molecular weight is 860 g/mol. The number of imidazole rings is 1. The highest BCUT2D eigenvalue weighted by Gasteiger charge is 2.40. The van der Waals surface area contributed by atoms with Crippen molar-refractivity contribution in [3.63, 3.8) is 0 Å². The molecule has 2 atom stereocenters. The van der Waals surface area contributed by atoms with Crippen LogP contribution < -0.4 is 31.6 Å². The van der Waals surface area contributed by atoms with E-state index in [0.29, 0.717) is 40.8 Å². The van der Waals surface area contributed by atoms with Crippen molar-refractivity contribution in [2.75, 3.05) is 49.0 Å². The number of primary amides is 1. The van der Waals surface area contributed by atoms with Gasteiger partial charge in [0.1, 0.15) is 11.9 Å². The lowest BCUT2D eigenvalue weighted by Gasteiger charge is -2.48. The summed E-state index contributed by atoms with van der Waals surface area (Å²) in [6.45, 7) is 5.99. The molecule has 2 saturated carbocycles. The second-order valence-electron chi connectivity index (χ2n) is 18.2. The Bertz CT molecular complexity index is 2370. The molecule has 2 aromatic heterocycles. The van der Waals surface area contributed by atoms with Crippen LogP contribution in [0.5, 0.6) is 0 Å². The average Bonchev–Trinajstić information content (AvgIpc) is 3.99. The number of amides is 3. The Morgan fingerprint density at radius 3 is 2.44 bits per heavy atom. The Morgan fingerprint density at radius 2 is 1.76 bits per heavy atom. The van der Waals surface area contributed by atoms with Gasteiger partial charge >= 0.3 is 0 Å². The maximum atomic E-state index is 12.7. The Kier molecular flexibility index (Phi) is 11.8. The first kappa shape index (κ1) is 41.9. The minimum Gasteiger partial charge on any atom is -0.385 e. The fourth-order valence-electron chi connectivity index (χ4n) is 10.3. The monoisotopic (exact) mass is 858 g/mol. The molecule has 6 heterocycles. The van der Waals surface area contributed by atoms with Crippen LogP contribution in [0, 0.1) is 12.3 Å². The number of hydrogen-bond acceptors (Lipinski definition) is 10. The number of hydrogen-bond donors (Lipinski definition) is 4. The van der Waals surface area contributed by atoms with Crippen LogP contribution in [0.25, 0.3) is 17.0 Å². The number of halogens is 1. The van der Waals surface area contributed by atoms with Crippen LogP contribution in [-0.2, 0) is 22.6 Å². The Balaban J connectivity index is 0.00000157. The Morgan fingerprint density at radius 1 is 0.984 bits per heavy atom. The number of nitrogens with two attached hydrogens (primary N) is 1. The third-order valence-corrected chi connectivity index (χ3v) is 14.5. The van der Waals surface area contributed by atoms with Crippen molar-refractivity contribution in [1.29, 1.82) is 0 Å². The first-order valence-corrected chi connectivity index (χ1v) is 22.9. The standard InChI is InChI=1S/C45H53ClN10O3.C3H6/c1-27-21-34(46)33(32-8-10-41(57)51-44(32)59)22-38(27)53(3)29-11-14-45(15-12-29)16-19-54(20-17-45)26-28-7-9-35(49-24-28)30-5-4-6-37-31(30)13-18-55(37)40-23-36(48-2)43-50-25-39(42(47)58)56(43)52-40;1-2-3-1/h4-7,9,21-25,29,32,40,48,52H,8,10-20,26H2,1-3H3,(H2,47,58)(H,51,57,59);1-3H2. The lowest BCUT2D eigenvalue weighted by Crippen LogP contribution is -2.46. The molecule has 4 fully saturated rings. The van der Waals surface area contributed by atoms with Gasteiger partial charge in [0.05, 0.1) is 23.5 Å². The van der Waals surface area contributed by atoms with Crippen molar-refractivity contribution in [2.24, 2.45) is 11.1 Å². The number of aryl methyl sites for hydroxylation is 1. The SMILES string of the molecule is C1CC1.CNC1=CC(N2CCc3c(-c4ccc(CN5CCC6(CCC(N(C)c7cc(C8CCC(=O)NC8=O)c(Cl)cc7C)CC6)CC5)cn4)cccc32)Nn2c(C(N)=O)cnc21.